The van der Waals surface area contributed by atoms with Crippen LogP contribution in [0.3, 0.4) is 0 Å². The minimum Gasteiger partial charge on any atom is -0.208 e. The van der Waals surface area contributed by atoms with Gasteiger partial charge in [-0.2, -0.15) is 0 Å². The smallest absolute Gasteiger partial charge is 0.164 e. The van der Waals surface area contributed by atoms with Crippen LogP contribution in [0.4, 0.5) is 0 Å². The monoisotopic (exact) mass is 487 g/mol. The van der Waals surface area contributed by atoms with Crippen molar-refractivity contribution in [2.24, 2.45) is 0 Å². The van der Waals surface area contributed by atoms with Gasteiger partial charge in [0.15, 0.2) is 17.5 Å². The molecule has 3 nitrogen and oxygen atoms in total. The molecule has 0 bridgehead atoms. The zero-order chi connectivity index (χ0) is 25.2. The molecule has 0 unspecified atom stereocenters. The summed E-state index contributed by atoms with van der Waals surface area (Å²) in [5, 5.41) is 0.720. The van der Waals surface area contributed by atoms with Crippen molar-refractivity contribution in [3.05, 3.63) is 139 Å². The molecule has 0 saturated heterocycles. The third-order valence-corrected chi connectivity index (χ3v) is 5.58. The zero-order valence-electron chi connectivity index (χ0n) is 20.1. The van der Waals surface area contributed by atoms with Crippen LogP contribution in [0.15, 0.2) is 134 Å². The summed E-state index contributed by atoms with van der Waals surface area (Å²) < 4.78 is 0. The van der Waals surface area contributed by atoms with Crippen molar-refractivity contribution < 1.29 is 0 Å². The molecule has 1 aromatic heterocycles. The molecule has 0 amide bonds. The summed E-state index contributed by atoms with van der Waals surface area (Å²) >= 11 is 6.05. The molecule has 0 radical (unpaired) electrons. The maximum atomic E-state index is 6.05. The number of aromatic nitrogens is 3. The van der Waals surface area contributed by atoms with Crippen molar-refractivity contribution in [1.82, 2.24) is 15.0 Å². The number of hydrogen-bond acceptors (Lipinski definition) is 3. The third-order valence-electron chi connectivity index (χ3n) is 5.33. The fraction of sp³-hybridized carbons (Fsp3) is 0.0312. The summed E-state index contributed by atoms with van der Waals surface area (Å²) in [5.74, 6) is 1.95. The van der Waals surface area contributed by atoms with Crippen LogP contribution in [0.1, 0.15) is 6.92 Å². The first kappa shape index (κ1) is 24.8. The number of halogens is 1. The lowest BCUT2D eigenvalue weighted by Crippen LogP contribution is -2.00. The predicted molar refractivity (Wildman–Crippen MR) is 152 cm³/mol. The Kier molecular flexibility index (Phi) is 8.53. The highest BCUT2D eigenvalue weighted by molar-refractivity contribution is 6.30. The van der Waals surface area contributed by atoms with E-state index >= 15 is 0 Å². The molecule has 0 N–H and O–H groups in total. The van der Waals surface area contributed by atoms with Crippen LogP contribution in [0.25, 0.3) is 45.3 Å². The van der Waals surface area contributed by atoms with Gasteiger partial charge in [0.05, 0.1) is 0 Å². The van der Waals surface area contributed by atoms with Gasteiger partial charge in [-0.25, -0.2) is 15.0 Å². The quantitative estimate of drug-likeness (QED) is 0.232. The molecule has 4 aromatic carbocycles. The number of allylic oxidation sites excluding steroid dienone is 3. The van der Waals surface area contributed by atoms with E-state index in [0.717, 1.165) is 32.8 Å². The molecular formula is C32H26ClN3. The van der Waals surface area contributed by atoms with E-state index in [9.17, 15) is 0 Å². The maximum absolute atomic E-state index is 6.05. The zero-order valence-corrected chi connectivity index (χ0v) is 20.8. The number of nitrogens with zero attached hydrogens (tertiary/aromatic N) is 3. The van der Waals surface area contributed by atoms with Gasteiger partial charge in [-0.15, -0.1) is 0 Å². The highest BCUT2D eigenvalue weighted by Crippen LogP contribution is 2.28. The van der Waals surface area contributed by atoms with Gasteiger partial charge >= 0.3 is 0 Å². The van der Waals surface area contributed by atoms with Crippen molar-refractivity contribution in [1.29, 1.82) is 0 Å². The first-order valence-corrected chi connectivity index (χ1v) is 12.0. The van der Waals surface area contributed by atoms with Gasteiger partial charge in [-0.3, -0.25) is 0 Å². The lowest BCUT2D eigenvalue weighted by Gasteiger charge is -2.09. The molecule has 1 heterocycles. The van der Waals surface area contributed by atoms with Crippen molar-refractivity contribution in [2.75, 3.05) is 0 Å². The lowest BCUT2D eigenvalue weighted by atomic mass is 10.0. The van der Waals surface area contributed by atoms with Crippen LogP contribution in [-0.2, 0) is 0 Å². The molecule has 0 spiro atoms. The minimum atomic E-state index is 0.642. The Hall–Kier alpha value is -4.34. The topological polar surface area (TPSA) is 38.7 Å². The van der Waals surface area contributed by atoms with Crippen LogP contribution in [0, 0.1) is 0 Å². The van der Waals surface area contributed by atoms with Crippen LogP contribution < -0.4 is 0 Å². The van der Waals surface area contributed by atoms with Gasteiger partial charge in [0, 0.05) is 21.7 Å². The highest BCUT2D eigenvalue weighted by atomic mass is 35.5. The van der Waals surface area contributed by atoms with E-state index in [4.69, 9.17) is 26.6 Å². The van der Waals surface area contributed by atoms with E-state index in [-0.39, 0.29) is 0 Å². The van der Waals surface area contributed by atoms with Gasteiger partial charge in [-0.1, -0.05) is 127 Å². The van der Waals surface area contributed by atoms with Crippen molar-refractivity contribution in [3.63, 3.8) is 0 Å². The van der Waals surface area contributed by atoms with Crippen LogP contribution in [-0.4, -0.2) is 15.0 Å². The summed E-state index contributed by atoms with van der Waals surface area (Å²) in [6, 6.07) is 36.0. The third kappa shape index (κ3) is 6.41. The van der Waals surface area contributed by atoms with Crippen molar-refractivity contribution in [2.45, 2.75) is 6.92 Å². The largest absolute Gasteiger partial charge is 0.208 e. The summed E-state index contributed by atoms with van der Waals surface area (Å²) in [7, 11) is 0. The molecular weight excluding hydrogens is 462 g/mol. The molecule has 0 aliphatic rings. The average Bonchev–Trinajstić information content (AvgIpc) is 2.95. The Morgan fingerprint density at radius 2 is 1.03 bits per heavy atom. The molecule has 5 aromatic rings. The Labute approximate surface area is 217 Å². The van der Waals surface area contributed by atoms with E-state index < -0.39 is 0 Å². The molecule has 4 heteroatoms. The molecule has 0 atom stereocenters. The van der Waals surface area contributed by atoms with Crippen molar-refractivity contribution >= 4 is 11.6 Å². The van der Waals surface area contributed by atoms with E-state index in [2.05, 4.69) is 18.7 Å². The Morgan fingerprint density at radius 1 is 0.556 bits per heavy atom. The fourth-order valence-electron chi connectivity index (χ4n) is 3.55. The van der Waals surface area contributed by atoms with E-state index in [1.807, 2.05) is 116 Å². The lowest BCUT2D eigenvalue weighted by molar-refractivity contribution is 1.07. The van der Waals surface area contributed by atoms with Gasteiger partial charge < -0.3 is 0 Å². The summed E-state index contributed by atoms with van der Waals surface area (Å²) in [6.45, 7) is 5.42. The summed E-state index contributed by atoms with van der Waals surface area (Å²) in [6.07, 6.45) is 5.58. The second-order valence-electron chi connectivity index (χ2n) is 7.89. The van der Waals surface area contributed by atoms with Crippen LogP contribution in [0.5, 0.6) is 0 Å². The molecule has 0 aliphatic carbocycles. The van der Waals surface area contributed by atoms with Gasteiger partial charge in [-0.05, 0) is 36.2 Å². The number of rotatable bonds is 5. The molecule has 176 valence electrons. The molecule has 0 saturated carbocycles. The SMILES string of the molecule is C=C/C=C\C.Clc1ccc(-c2cccc(-c3nc(-c4ccccc4)nc(-c4ccccc4)n3)c2)cc1. The summed E-state index contributed by atoms with van der Waals surface area (Å²) in [4.78, 5) is 14.4. The predicted octanol–water partition coefficient (Wildman–Crippen LogP) is 8.94. The number of hydrogen-bond donors (Lipinski definition) is 0. The average molecular weight is 488 g/mol. The van der Waals surface area contributed by atoms with Gasteiger partial charge in [0.25, 0.3) is 0 Å². The van der Waals surface area contributed by atoms with Crippen LogP contribution in [0.2, 0.25) is 5.02 Å². The Morgan fingerprint density at radius 3 is 1.50 bits per heavy atom. The van der Waals surface area contributed by atoms with E-state index in [1.165, 1.54) is 0 Å². The standard InChI is InChI=1S/C27H18ClN3.C5H8/c28-24-16-14-19(15-17-24)22-12-7-13-23(18-22)27-30-25(20-8-3-1-4-9-20)29-26(31-27)21-10-5-2-6-11-21;1-3-5-4-2/h1-18H;3-5H,1H2,2H3/b;5-4-. The van der Waals surface area contributed by atoms with Gasteiger partial charge in [0.2, 0.25) is 0 Å². The Bertz CT molecular complexity index is 1390. The first-order valence-electron chi connectivity index (χ1n) is 11.6. The molecule has 5 rings (SSSR count). The number of benzene rings is 4. The van der Waals surface area contributed by atoms with E-state index in [0.29, 0.717) is 17.5 Å². The molecule has 0 fully saturated rings. The van der Waals surface area contributed by atoms with Gasteiger partial charge in [0.1, 0.15) is 0 Å². The fourth-order valence-corrected chi connectivity index (χ4v) is 3.68. The molecule has 36 heavy (non-hydrogen) atoms. The Balaban J connectivity index is 0.000000556. The van der Waals surface area contributed by atoms with Crippen LogP contribution >= 0.6 is 11.6 Å². The van der Waals surface area contributed by atoms with Crippen molar-refractivity contribution in [3.8, 4) is 45.3 Å². The second kappa shape index (κ2) is 12.4. The maximum Gasteiger partial charge on any atom is 0.164 e. The first-order chi connectivity index (χ1) is 17.7. The minimum absolute atomic E-state index is 0.642. The summed E-state index contributed by atoms with van der Waals surface area (Å²) in [5.41, 5.74) is 5.02. The second-order valence-corrected chi connectivity index (χ2v) is 8.32. The molecule has 0 aliphatic heterocycles. The normalized spacial score (nSPS) is 10.5. The van der Waals surface area contributed by atoms with E-state index in [1.54, 1.807) is 6.08 Å². The highest BCUT2D eigenvalue weighted by Gasteiger charge is 2.12.